The van der Waals surface area contributed by atoms with Crippen LogP contribution in [-0.4, -0.2) is 36.0 Å². The molecule has 0 radical (unpaired) electrons. The van der Waals surface area contributed by atoms with Crippen LogP contribution in [-0.2, 0) is 11.2 Å². The first-order chi connectivity index (χ1) is 10.5. The second-order valence-electron chi connectivity index (χ2n) is 6.95. The summed E-state index contributed by atoms with van der Waals surface area (Å²) in [5.74, 6) is 2.18. The van der Waals surface area contributed by atoms with Crippen molar-refractivity contribution in [2.24, 2.45) is 17.6 Å². The summed E-state index contributed by atoms with van der Waals surface area (Å²) in [6.45, 7) is 5.74. The van der Waals surface area contributed by atoms with Gasteiger partial charge in [0, 0.05) is 19.1 Å². The smallest absolute Gasteiger partial charge is 0.227 e. The summed E-state index contributed by atoms with van der Waals surface area (Å²) < 4.78 is 5.70. The van der Waals surface area contributed by atoms with Crippen LogP contribution in [0.3, 0.4) is 0 Å². The number of nitrogens with zero attached hydrogens (tertiary/aromatic N) is 1. The lowest BCUT2D eigenvalue weighted by Crippen LogP contribution is -2.34. The number of nitrogens with two attached hydrogens (primary N) is 1. The van der Waals surface area contributed by atoms with Crippen molar-refractivity contribution in [2.45, 2.75) is 45.3 Å². The van der Waals surface area contributed by atoms with Crippen molar-refractivity contribution in [3.63, 3.8) is 0 Å². The summed E-state index contributed by atoms with van der Waals surface area (Å²) in [7, 11) is 0. The van der Waals surface area contributed by atoms with Crippen LogP contribution in [0.2, 0.25) is 0 Å². The number of benzene rings is 1. The zero-order valence-electron chi connectivity index (χ0n) is 13.9. The number of hydrogen-bond acceptors (Lipinski definition) is 3. The quantitative estimate of drug-likeness (QED) is 0.918. The predicted molar refractivity (Wildman–Crippen MR) is 93.9 cm³/mol. The number of likely N-dealkylation sites (tertiary alicyclic amines) is 1. The molecule has 1 aromatic carbocycles. The highest BCUT2D eigenvalue weighted by Crippen LogP contribution is 2.37. The highest BCUT2D eigenvalue weighted by Gasteiger charge is 2.42. The number of rotatable bonds is 4. The average Bonchev–Trinajstić information content (AvgIpc) is 3.01. The van der Waals surface area contributed by atoms with Crippen molar-refractivity contribution >= 4 is 18.3 Å². The molecule has 4 nitrogen and oxygen atoms in total. The van der Waals surface area contributed by atoms with Crippen molar-refractivity contribution in [1.82, 2.24) is 4.90 Å². The van der Waals surface area contributed by atoms with Crippen molar-refractivity contribution < 1.29 is 9.53 Å². The number of hydrogen-bond donors (Lipinski definition) is 1. The van der Waals surface area contributed by atoms with Gasteiger partial charge in [-0.3, -0.25) is 4.79 Å². The molecule has 128 valence electrons. The van der Waals surface area contributed by atoms with E-state index in [9.17, 15) is 4.79 Å². The van der Waals surface area contributed by atoms with Crippen LogP contribution in [0.25, 0.3) is 0 Å². The van der Waals surface area contributed by atoms with E-state index in [-0.39, 0.29) is 30.5 Å². The Kier molecular flexibility index (Phi) is 5.93. The first-order valence-electron chi connectivity index (χ1n) is 8.32. The van der Waals surface area contributed by atoms with Gasteiger partial charge in [-0.15, -0.1) is 12.4 Å². The molecule has 1 heterocycles. The van der Waals surface area contributed by atoms with E-state index in [0.29, 0.717) is 18.3 Å². The molecule has 1 saturated carbocycles. The Labute approximate surface area is 144 Å². The van der Waals surface area contributed by atoms with Gasteiger partial charge in [-0.2, -0.15) is 0 Å². The minimum Gasteiger partial charge on any atom is -0.491 e. The monoisotopic (exact) mass is 338 g/mol. The number of halogens is 1. The van der Waals surface area contributed by atoms with E-state index in [1.54, 1.807) is 0 Å². The molecule has 23 heavy (non-hydrogen) atoms. The van der Waals surface area contributed by atoms with Crippen LogP contribution in [0.4, 0.5) is 0 Å². The van der Waals surface area contributed by atoms with Gasteiger partial charge in [0.2, 0.25) is 5.91 Å². The van der Waals surface area contributed by atoms with E-state index in [1.807, 2.05) is 43.0 Å². The second-order valence-corrected chi connectivity index (χ2v) is 6.95. The highest BCUT2D eigenvalue weighted by atomic mass is 35.5. The Hall–Kier alpha value is -1.26. The molecule has 1 aliphatic carbocycles. The fourth-order valence-electron chi connectivity index (χ4n) is 3.80. The van der Waals surface area contributed by atoms with Gasteiger partial charge in [0.25, 0.3) is 0 Å². The van der Waals surface area contributed by atoms with Crippen LogP contribution < -0.4 is 10.5 Å². The van der Waals surface area contributed by atoms with E-state index < -0.39 is 0 Å². The van der Waals surface area contributed by atoms with E-state index in [0.717, 1.165) is 30.8 Å². The predicted octanol–water partition coefficient (Wildman–Crippen LogP) is 2.63. The molecule has 2 N–H and O–H groups in total. The molecule has 0 bridgehead atoms. The normalized spacial score (nSPS) is 26.1. The summed E-state index contributed by atoms with van der Waals surface area (Å²) in [5.41, 5.74) is 7.16. The molecular weight excluding hydrogens is 312 g/mol. The van der Waals surface area contributed by atoms with Crippen LogP contribution in [0.1, 0.15) is 32.3 Å². The Morgan fingerprint density at radius 2 is 2.13 bits per heavy atom. The summed E-state index contributed by atoms with van der Waals surface area (Å²) in [4.78, 5) is 14.5. The van der Waals surface area contributed by atoms with Gasteiger partial charge < -0.3 is 15.4 Å². The molecule has 1 amide bonds. The Morgan fingerprint density at radius 1 is 1.35 bits per heavy atom. The molecular formula is C18H27ClN2O2. The first kappa shape index (κ1) is 18.1. The van der Waals surface area contributed by atoms with Crippen molar-refractivity contribution in [1.29, 1.82) is 0 Å². The van der Waals surface area contributed by atoms with Gasteiger partial charge in [0.1, 0.15) is 5.75 Å². The summed E-state index contributed by atoms with van der Waals surface area (Å²) >= 11 is 0. The highest BCUT2D eigenvalue weighted by molar-refractivity contribution is 5.85. The third-order valence-corrected chi connectivity index (χ3v) is 4.89. The van der Waals surface area contributed by atoms with Crippen molar-refractivity contribution in [2.75, 3.05) is 13.1 Å². The third kappa shape index (κ3) is 4.18. The summed E-state index contributed by atoms with van der Waals surface area (Å²) in [6, 6.07) is 8.14. The maximum absolute atomic E-state index is 12.5. The zero-order valence-corrected chi connectivity index (χ0v) is 14.7. The maximum Gasteiger partial charge on any atom is 0.227 e. The van der Waals surface area contributed by atoms with Crippen LogP contribution in [0, 0.1) is 11.8 Å². The van der Waals surface area contributed by atoms with E-state index >= 15 is 0 Å². The Balaban J connectivity index is 0.00000192. The van der Waals surface area contributed by atoms with Gasteiger partial charge in [-0.25, -0.2) is 0 Å². The van der Waals surface area contributed by atoms with Crippen molar-refractivity contribution in [3.05, 3.63) is 29.8 Å². The summed E-state index contributed by atoms with van der Waals surface area (Å²) in [5, 5.41) is 0. The molecule has 3 unspecified atom stereocenters. The van der Waals surface area contributed by atoms with Crippen molar-refractivity contribution in [3.8, 4) is 5.75 Å². The molecule has 5 heteroatoms. The zero-order chi connectivity index (χ0) is 15.7. The van der Waals surface area contributed by atoms with Crippen LogP contribution in [0.15, 0.2) is 24.3 Å². The molecule has 3 atom stereocenters. The first-order valence-corrected chi connectivity index (χ1v) is 8.32. The number of ether oxygens (including phenoxy) is 1. The molecule has 3 rings (SSSR count). The van der Waals surface area contributed by atoms with E-state index in [4.69, 9.17) is 10.5 Å². The fraction of sp³-hybridized carbons (Fsp3) is 0.611. The molecule has 0 aromatic heterocycles. The van der Waals surface area contributed by atoms with Gasteiger partial charge in [0.05, 0.1) is 12.5 Å². The van der Waals surface area contributed by atoms with E-state index in [1.165, 1.54) is 6.42 Å². The van der Waals surface area contributed by atoms with Gasteiger partial charge in [-0.1, -0.05) is 12.1 Å². The van der Waals surface area contributed by atoms with E-state index in [2.05, 4.69) is 0 Å². The van der Waals surface area contributed by atoms with Gasteiger partial charge in [0.15, 0.2) is 0 Å². The number of carbonyl (C=O) groups excluding carboxylic acids is 1. The largest absolute Gasteiger partial charge is 0.491 e. The van der Waals surface area contributed by atoms with Gasteiger partial charge >= 0.3 is 0 Å². The topological polar surface area (TPSA) is 55.6 Å². The number of fused-ring (bicyclic) bond motifs is 1. The Bertz CT molecular complexity index is 550. The van der Waals surface area contributed by atoms with Crippen LogP contribution in [0.5, 0.6) is 5.75 Å². The average molecular weight is 339 g/mol. The van der Waals surface area contributed by atoms with Crippen LogP contribution >= 0.6 is 12.4 Å². The lowest BCUT2D eigenvalue weighted by Gasteiger charge is -2.19. The fourth-order valence-corrected chi connectivity index (χ4v) is 3.80. The second kappa shape index (κ2) is 7.54. The molecule has 0 spiro atoms. The standard InChI is InChI=1S/C18H26N2O2.ClH/c1-12(2)22-15-5-3-4-13(8-15)9-18(21)20-10-14-6-7-17(19)16(14)11-20;/h3-5,8,12,14,16-17H,6-7,9-11,19H2,1-2H3;1H. The Morgan fingerprint density at radius 3 is 2.83 bits per heavy atom. The molecule has 2 fully saturated rings. The summed E-state index contributed by atoms with van der Waals surface area (Å²) in [6.07, 6.45) is 2.88. The minimum atomic E-state index is 0. The SMILES string of the molecule is CC(C)Oc1cccc(CC(=O)N2CC3CCC(N)C3C2)c1.Cl. The third-order valence-electron chi connectivity index (χ3n) is 4.89. The van der Waals surface area contributed by atoms with Gasteiger partial charge in [-0.05, 0) is 56.2 Å². The maximum atomic E-state index is 12.5. The molecule has 1 saturated heterocycles. The molecule has 2 aliphatic rings. The molecule has 1 aromatic rings. The number of amides is 1. The lowest BCUT2D eigenvalue weighted by atomic mass is 9.98. The minimum absolute atomic E-state index is 0. The molecule has 1 aliphatic heterocycles. The lowest BCUT2D eigenvalue weighted by molar-refractivity contribution is -0.129. The number of carbonyl (C=O) groups is 1.